The molecule has 0 bridgehead atoms. The molecule has 26 heavy (non-hydrogen) atoms. The fourth-order valence-corrected chi connectivity index (χ4v) is 2.29. The maximum Gasteiger partial charge on any atom is 0.276 e. The number of H-pyrrole nitrogens is 1. The average molecular weight is 351 g/mol. The van der Waals surface area contributed by atoms with E-state index in [-0.39, 0.29) is 11.3 Å². The number of pyridine rings is 2. The smallest absolute Gasteiger partial charge is 0.276 e. The van der Waals surface area contributed by atoms with E-state index >= 15 is 0 Å². The van der Waals surface area contributed by atoms with Crippen LogP contribution in [0.1, 0.15) is 22.8 Å². The van der Waals surface area contributed by atoms with Gasteiger partial charge in [-0.05, 0) is 42.8 Å². The molecule has 1 aromatic carbocycles. The van der Waals surface area contributed by atoms with Crippen molar-refractivity contribution in [2.45, 2.75) is 6.92 Å². The number of nitrogens with zero attached hydrogens (tertiary/aromatic N) is 3. The molecule has 0 aliphatic carbocycles. The molecule has 0 radical (unpaired) electrons. The molecule has 3 rings (SSSR count). The molecular weight excluding hydrogens is 338 g/mol. The molecule has 9 heteroatoms. The van der Waals surface area contributed by atoms with Crippen molar-refractivity contribution in [1.82, 2.24) is 15.4 Å². The van der Waals surface area contributed by atoms with Crippen LogP contribution in [0.2, 0.25) is 0 Å². The molecule has 0 unspecified atom stereocenters. The minimum Gasteiger partial charge on any atom is -0.306 e. The minimum absolute atomic E-state index is 0.0399. The lowest BCUT2D eigenvalue weighted by Crippen LogP contribution is -2.27. The minimum atomic E-state index is -0.668. The number of hydrazone groups is 1. The maximum atomic E-state index is 12.2. The normalized spacial score (nSPS) is 11.3. The number of benzene rings is 1. The fraction of sp³-hybridized carbons (Fsp3) is 0.0588. The number of rotatable bonds is 4. The van der Waals surface area contributed by atoms with E-state index < -0.39 is 16.4 Å². The van der Waals surface area contributed by atoms with E-state index in [1.807, 2.05) is 0 Å². The molecule has 0 fully saturated rings. The zero-order chi connectivity index (χ0) is 18.7. The number of aromatic amines is 1. The van der Waals surface area contributed by atoms with Gasteiger partial charge in [-0.3, -0.25) is 19.7 Å². The largest absolute Gasteiger partial charge is 0.306 e. The molecule has 0 saturated carbocycles. The Hall–Kier alpha value is -3.88. The number of carbonyl (C=O) groups is 1. The zero-order valence-electron chi connectivity index (χ0n) is 13.6. The number of carbonyl (C=O) groups excluding carboxylic acids is 1. The van der Waals surface area contributed by atoms with Crippen LogP contribution >= 0.6 is 0 Å². The Labute approximate surface area is 146 Å². The molecule has 9 nitrogen and oxygen atoms in total. The first-order valence-corrected chi connectivity index (χ1v) is 7.53. The van der Waals surface area contributed by atoms with Crippen LogP contribution in [0.15, 0.2) is 58.6 Å². The summed E-state index contributed by atoms with van der Waals surface area (Å²) in [5.41, 5.74) is 3.04. The highest BCUT2D eigenvalue weighted by molar-refractivity contribution is 6.01. The molecule has 0 atom stereocenters. The van der Waals surface area contributed by atoms with Crippen molar-refractivity contribution in [2.75, 3.05) is 0 Å². The summed E-state index contributed by atoms with van der Waals surface area (Å²) in [7, 11) is 0. The van der Waals surface area contributed by atoms with Gasteiger partial charge in [0.2, 0.25) is 0 Å². The Morgan fingerprint density at radius 3 is 2.69 bits per heavy atom. The number of hydrogen-bond acceptors (Lipinski definition) is 6. The summed E-state index contributed by atoms with van der Waals surface area (Å²) in [5, 5.41) is 15.2. The van der Waals surface area contributed by atoms with Crippen LogP contribution in [0.4, 0.5) is 5.69 Å². The first-order chi connectivity index (χ1) is 12.5. The average Bonchev–Trinajstić information content (AvgIpc) is 2.65. The quantitative estimate of drug-likeness (QED) is 0.422. The van der Waals surface area contributed by atoms with Gasteiger partial charge in [0, 0.05) is 23.7 Å². The van der Waals surface area contributed by atoms with Gasteiger partial charge in [0.1, 0.15) is 11.2 Å². The van der Waals surface area contributed by atoms with Crippen molar-refractivity contribution < 1.29 is 9.72 Å². The molecule has 2 N–H and O–H groups in total. The highest BCUT2D eigenvalue weighted by Crippen LogP contribution is 2.12. The molecular formula is C17H13N5O4. The number of nitro benzene ring substituents is 1. The number of non-ortho nitro benzene ring substituents is 1. The standard InChI is InChI=1S/C17H13N5O4/c1-10(11-4-6-13(7-5-11)22(25)26)20-21-17(24)14-9-12-3-2-8-18-15(12)19-16(14)23/h2-9H,1H3,(H,21,24)(H,18,19,23)/b20-10+. The molecule has 1 amide bonds. The van der Waals surface area contributed by atoms with Gasteiger partial charge in [-0.15, -0.1) is 0 Å². The number of nitrogens with one attached hydrogen (secondary N) is 2. The van der Waals surface area contributed by atoms with Crippen LogP contribution in [0.25, 0.3) is 11.0 Å². The third kappa shape index (κ3) is 3.46. The zero-order valence-corrected chi connectivity index (χ0v) is 13.6. The Kier molecular flexibility index (Phi) is 4.52. The summed E-state index contributed by atoms with van der Waals surface area (Å²) in [6, 6.07) is 10.6. The molecule has 3 aromatic rings. The summed E-state index contributed by atoms with van der Waals surface area (Å²) < 4.78 is 0. The van der Waals surface area contributed by atoms with Crippen molar-refractivity contribution in [3.8, 4) is 0 Å². The van der Waals surface area contributed by atoms with Gasteiger partial charge >= 0.3 is 0 Å². The number of aromatic nitrogens is 2. The van der Waals surface area contributed by atoms with Gasteiger partial charge < -0.3 is 4.98 Å². The lowest BCUT2D eigenvalue weighted by atomic mass is 10.1. The Morgan fingerprint density at radius 1 is 1.27 bits per heavy atom. The van der Waals surface area contributed by atoms with E-state index in [2.05, 4.69) is 20.5 Å². The van der Waals surface area contributed by atoms with E-state index in [0.717, 1.165) is 0 Å². The number of nitro groups is 1. The molecule has 0 aliphatic rings. The summed E-state index contributed by atoms with van der Waals surface area (Å²) in [4.78, 5) is 41.0. The third-order valence-electron chi connectivity index (χ3n) is 3.68. The predicted octanol–water partition coefficient (Wildman–Crippen LogP) is 1.99. The molecule has 130 valence electrons. The molecule has 0 aliphatic heterocycles. The SMILES string of the molecule is C/C(=N\NC(=O)c1cc2cccnc2[nH]c1=O)c1ccc([N+](=O)[O-])cc1. The summed E-state index contributed by atoms with van der Waals surface area (Å²) in [6.07, 6.45) is 1.54. The summed E-state index contributed by atoms with van der Waals surface area (Å²) in [6.45, 7) is 1.63. The van der Waals surface area contributed by atoms with Crippen molar-refractivity contribution >= 4 is 28.3 Å². The summed E-state index contributed by atoms with van der Waals surface area (Å²) >= 11 is 0. The van der Waals surface area contributed by atoms with Crippen molar-refractivity contribution in [3.63, 3.8) is 0 Å². The second-order valence-electron chi connectivity index (χ2n) is 5.40. The lowest BCUT2D eigenvalue weighted by molar-refractivity contribution is -0.384. The van der Waals surface area contributed by atoms with Crippen molar-refractivity contribution in [2.24, 2.45) is 5.10 Å². The predicted molar refractivity (Wildman–Crippen MR) is 95.1 cm³/mol. The van der Waals surface area contributed by atoms with Gasteiger partial charge in [-0.25, -0.2) is 10.4 Å². The first-order valence-electron chi connectivity index (χ1n) is 7.53. The topological polar surface area (TPSA) is 130 Å². The monoisotopic (exact) mass is 351 g/mol. The van der Waals surface area contributed by atoms with E-state index in [4.69, 9.17) is 0 Å². The van der Waals surface area contributed by atoms with E-state index in [9.17, 15) is 19.7 Å². The van der Waals surface area contributed by atoms with Crippen LogP contribution in [-0.2, 0) is 0 Å². The Bertz CT molecular complexity index is 1090. The molecule has 0 spiro atoms. The second-order valence-corrected chi connectivity index (χ2v) is 5.40. The van der Waals surface area contributed by atoms with Gasteiger partial charge in [-0.2, -0.15) is 5.10 Å². The van der Waals surface area contributed by atoms with Gasteiger partial charge in [0.25, 0.3) is 17.2 Å². The van der Waals surface area contributed by atoms with Crippen LogP contribution < -0.4 is 11.0 Å². The van der Waals surface area contributed by atoms with Gasteiger partial charge in [0.05, 0.1) is 10.6 Å². The van der Waals surface area contributed by atoms with Crippen molar-refractivity contribution in [1.29, 1.82) is 0 Å². The molecule has 2 heterocycles. The molecule has 0 saturated heterocycles. The highest BCUT2D eigenvalue weighted by atomic mass is 16.6. The van der Waals surface area contributed by atoms with Gasteiger partial charge in [-0.1, -0.05) is 0 Å². The maximum absolute atomic E-state index is 12.2. The van der Waals surface area contributed by atoms with Crippen molar-refractivity contribution in [3.05, 3.63) is 80.3 Å². The third-order valence-corrected chi connectivity index (χ3v) is 3.68. The lowest BCUT2D eigenvalue weighted by Gasteiger charge is -2.04. The second kappa shape index (κ2) is 6.93. The van der Waals surface area contributed by atoms with Crippen LogP contribution in [0.5, 0.6) is 0 Å². The Balaban J connectivity index is 1.81. The first kappa shape index (κ1) is 17.0. The Morgan fingerprint density at radius 2 is 2.00 bits per heavy atom. The van der Waals surface area contributed by atoms with Crippen LogP contribution in [-0.4, -0.2) is 26.5 Å². The van der Waals surface area contributed by atoms with E-state index in [0.29, 0.717) is 22.3 Å². The molecule has 2 aromatic heterocycles. The number of hydrogen-bond donors (Lipinski definition) is 2. The number of fused-ring (bicyclic) bond motifs is 1. The van der Waals surface area contributed by atoms with E-state index in [1.165, 1.54) is 36.5 Å². The number of amides is 1. The van der Waals surface area contributed by atoms with Gasteiger partial charge in [0.15, 0.2) is 0 Å². The fourth-order valence-electron chi connectivity index (χ4n) is 2.29. The highest BCUT2D eigenvalue weighted by Gasteiger charge is 2.12. The van der Waals surface area contributed by atoms with Crippen LogP contribution in [0, 0.1) is 10.1 Å². The van der Waals surface area contributed by atoms with E-state index in [1.54, 1.807) is 19.1 Å². The van der Waals surface area contributed by atoms with Crippen LogP contribution in [0.3, 0.4) is 0 Å². The summed E-state index contributed by atoms with van der Waals surface area (Å²) in [5.74, 6) is -0.668.